The van der Waals surface area contributed by atoms with Gasteiger partial charge in [0.05, 0.1) is 19.8 Å². The van der Waals surface area contributed by atoms with Gasteiger partial charge < -0.3 is 14.4 Å². The fourth-order valence-corrected chi connectivity index (χ4v) is 1.74. The predicted molar refractivity (Wildman–Crippen MR) is 64.9 cm³/mol. The second-order valence-corrected chi connectivity index (χ2v) is 3.92. The molecule has 0 saturated heterocycles. The highest BCUT2D eigenvalue weighted by Gasteiger charge is 2.10. The molecule has 0 aliphatic heterocycles. The highest BCUT2D eigenvalue weighted by molar-refractivity contribution is 5.29. The van der Waals surface area contributed by atoms with Gasteiger partial charge >= 0.3 is 0 Å². The van der Waals surface area contributed by atoms with Gasteiger partial charge in [0.15, 0.2) is 0 Å². The van der Waals surface area contributed by atoms with E-state index in [0.29, 0.717) is 6.54 Å². The van der Waals surface area contributed by atoms with Gasteiger partial charge in [-0.3, -0.25) is 0 Å². The van der Waals surface area contributed by atoms with Crippen LogP contribution in [-0.4, -0.2) is 21.8 Å². The van der Waals surface area contributed by atoms with Gasteiger partial charge in [-0.25, -0.2) is 4.98 Å². The molecule has 0 radical (unpaired) electrons. The first-order valence-corrected chi connectivity index (χ1v) is 5.50. The zero-order valence-corrected chi connectivity index (χ0v) is 10.00. The predicted octanol–water partition coefficient (Wildman–Crippen LogP) is 1.93. The molecule has 0 saturated carbocycles. The van der Waals surface area contributed by atoms with E-state index in [9.17, 15) is 5.11 Å². The smallest absolute Gasteiger partial charge is 0.119 e. The number of aliphatic hydroxyl groups excluding tert-OH is 1. The molecule has 0 aliphatic rings. The minimum Gasteiger partial charge on any atom is -0.497 e. The Labute approximate surface area is 100 Å². The minimum atomic E-state index is -0.557. The Bertz CT molecular complexity index is 494. The van der Waals surface area contributed by atoms with E-state index in [4.69, 9.17) is 4.74 Å². The van der Waals surface area contributed by atoms with E-state index >= 15 is 0 Å². The van der Waals surface area contributed by atoms with Crippen LogP contribution in [0.5, 0.6) is 5.75 Å². The number of aryl methyl sites for hydroxylation is 1. The molecule has 4 nitrogen and oxygen atoms in total. The molecule has 0 spiro atoms. The van der Waals surface area contributed by atoms with E-state index in [-0.39, 0.29) is 0 Å². The van der Waals surface area contributed by atoms with Crippen LogP contribution in [0.2, 0.25) is 0 Å². The molecule has 2 rings (SSSR count). The largest absolute Gasteiger partial charge is 0.497 e. The molecule has 1 aromatic carbocycles. The standard InChI is InChI=1S/C13H16N2O2/c1-10-14-6-7-15(10)9-13(16)11-4-3-5-12(8-11)17-2/h3-8,13,16H,9H2,1-2H3. The number of aromatic nitrogens is 2. The van der Waals surface area contributed by atoms with Crippen molar-refractivity contribution in [3.05, 3.63) is 48.0 Å². The molecule has 0 fully saturated rings. The number of methoxy groups -OCH3 is 1. The third-order valence-electron chi connectivity index (χ3n) is 2.77. The number of rotatable bonds is 4. The first-order valence-electron chi connectivity index (χ1n) is 5.50. The monoisotopic (exact) mass is 232 g/mol. The van der Waals surface area contributed by atoms with Crippen LogP contribution in [0.15, 0.2) is 36.7 Å². The summed E-state index contributed by atoms with van der Waals surface area (Å²) in [5.41, 5.74) is 0.845. The lowest BCUT2D eigenvalue weighted by Crippen LogP contribution is -2.09. The molecule has 1 atom stereocenters. The van der Waals surface area contributed by atoms with E-state index in [1.807, 2.05) is 42.0 Å². The molecule has 17 heavy (non-hydrogen) atoms. The molecular formula is C13H16N2O2. The van der Waals surface area contributed by atoms with Gasteiger partial charge in [0.1, 0.15) is 11.6 Å². The molecular weight excluding hydrogens is 216 g/mol. The average molecular weight is 232 g/mol. The summed E-state index contributed by atoms with van der Waals surface area (Å²) < 4.78 is 7.05. The van der Waals surface area contributed by atoms with E-state index < -0.39 is 6.10 Å². The highest BCUT2D eigenvalue weighted by atomic mass is 16.5. The summed E-state index contributed by atoms with van der Waals surface area (Å²) in [5.74, 6) is 1.65. The summed E-state index contributed by atoms with van der Waals surface area (Å²) >= 11 is 0. The molecule has 90 valence electrons. The van der Waals surface area contributed by atoms with E-state index in [2.05, 4.69) is 4.98 Å². The molecule has 4 heteroatoms. The molecule has 1 aromatic heterocycles. The van der Waals surface area contributed by atoms with Gasteiger partial charge in [-0.1, -0.05) is 12.1 Å². The quantitative estimate of drug-likeness (QED) is 0.876. The second-order valence-electron chi connectivity index (χ2n) is 3.92. The van der Waals surface area contributed by atoms with Crippen molar-refractivity contribution in [2.45, 2.75) is 19.6 Å². The minimum absolute atomic E-state index is 0.499. The molecule has 1 unspecified atom stereocenters. The van der Waals surface area contributed by atoms with Gasteiger partial charge in [0.2, 0.25) is 0 Å². The molecule has 1 heterocycles. The van der Waals surface area contributed by atoms with Crippen LogP contribution < -0.4 is 4.74 Å². The van der Waals surface area contributed by atoms with Crippen LogP contribution in [0.1, 0.15) is 17.5 Å². The summed E-state index contributed by atoms with van der Waals surface area (Å²) in [6.45, 7) is 2.41. The fourth-order valence-electron chi connectivity index (χ4n) is 1.74. The summed E-state index contributed by atoms with van der Waals surface area (Å²) in [4.78, 5) is 4.12. The molecule has 0 bridgehead atoms. The van der Waals surface area contributed by atoms with Crippen molar-refractivity contribution in [3.63, 3.8) is 0 Å². The summed E-state index contributed by atoms with van der Waals surface area (Å²) in [6, 6.07) is 7.47. The van der Waals surface area contributed by atoms with Crippen LogP contribution in [-0.2, 0) is 6.54 Å². The lowest BCUT2D eigenvalue weighted by Gasteiger charge is -2.13. The number of aliphatic hydroxyl groups is 1. The lowest BCUT2D eigenvalue weighted by atomic mass is 10.1. The van der Waals surface area contributed by atoms with Crippen molar-refractivity contribution < 1.29 is 9.84 Å². The Hall–Kier alpha value is -1.81. The van der Waals surface area contributed by atoms with Gasteiger partial charge in [0, 0.05) is 12.4 Å². The van der Waals surface area contributed by atoms with Gasteiger partial charge in [-0.2, -0.15) is 0 Å². The van der Waals surface area contributed by atoms with Gasteiger partial charge in [0.25, 0.3) is 0 Å². The number of imidazole rings is 1. The Morgan fingerprint density at radius 2 is 2.29 bits per heavy atom. The zero-order valence-electron chi connectivity index (χ0n) is 10.00. The maximum Gasteiger partial charge on any atom is 0.119 e. The van der Waals surface area contributed by atoms with E-state index in [1.165, 1.54) is 0 Å². The maximum absolute atomic E-state index is 10.1. The maximum atomic E-state index is 10.1. The van der Waals surface area contributed by atoms with Crippen molar-refractivity contribution in [3.8, 4) is 5.75 Å². The zero-order chi connectivity index (χ0) is 12.3. The molecule has 0 aliphatic carbocycles. The molecule has 2 aromatic rings. The Morgan fingerprint density at radius 3 is 2.94 bits per heavy atom. The molecule has 1 N–H and O–H groups in total. The van der Waals surface area contributed by atoms with Crippen LogP contribution in [0.25, 0.3) is 0 Å². The summed E-state index contributed by atoms with van der Waals surface area (Å²) in [7, 11) is 1.62. The van der Waals surface area contributed by atoms with Gasteiger partial charge in [-0.15, -0.1) is 0 Å². The lowest BCUT2D eigenvalue weighted by molar-refractivity contribution is 0.155. The van der Waals surface area contributed by atoms with Crippen LogP contribution in [0.3, 0.4) is 0 Å². The summed E-state index contributed by atoms with van der Waals surface area (Å²) in [5, 5.41) is 10.1. The van der Waals surface area contributed by atoms with Crippen LogP contribution >= 0.6 is 0 Å². The van der Waals surface area contributed by atoms with Crippen LogP contribution in [0, 0.1) is 6.92 Å². The van der Waals surface area contributed by atoms with Crippen molar-refractivity contribution in [2.75, 3.05) is 7.11 Å². The number of nitrogens with zero attached hydrogens (tertiary/aromatic N) is 2. The third-order valence-corrected chi connectivity index (χ3v) is 2.77. The second kappa shape index (κ2) is 5.01. The number of benzene rings is 1. The number of ether oxygens (including phenoxy) is 1. The fraction of sp³-hybridized carbons (Fsp3) is 0.308. The molecule has 0 amide bonds. The van der Waals surface area contributed by atoms with Gasteiger partial charge in [-0.05, 0) is 24.6 Å². The van der Waals surface area contributed by atoms with Crippen molar-refractivity contribution in [1.82, 2.24) is 9.55 Å². The Balaban J connectivity index is 2.14. The SMILES string of the molecule is COc1cccc(C(O)Cn2ccnc2C)c1. The third kappa shape index (κ3) is 2.65. The summed E-state index contributed by atoms with van der Waals surface area (Å²) in [6.07, 6.45) is 3.03. The Morgan fingerprint density at radius 1 is 1.47 bits per heavy atom. The van der Waals surface area contributed by atoms with E-state index in [0.717, 1.165) is 17.1 Å². The van der Waals surface area contributed by atoms with Crippen molar-refractivity contribution >= 4 is 0 Å². The van der Waals surface area contributed by atoms with Crippen molar-refractivity contribution in [2.24, 2.45) is 0 Å². The first kappa shape index (κ1) is 11.7. The topological polar surface area (TPSA) is 47.3 Å². The van der Waals surface area contributed by atoms with Crippen LogP contribution in [0.4, 0.5) is 0 Å². The van der Waals surface area contributed by atoms with Crippen molar-refractivity contribution in [1.29, 1.82) is 0 Å². The highest BCUT2D eigenvalue weighted by Crippen LogP contribution is 2.20. The average Bonchev–Trinajstić information content (AvgIpc) is 2.75. The number of hydrogen-bond donors (Lipinski definition) is 1. The normalized spacial score (nSPS) is 12.4. The first-order chi connectivity index (χ1) is 8.20. The van der Waals surface area contributed by atoms with E-state index in [1.54, 1.807) is 13.3 Å². The number of hydrogen-bond acceptors (Lipinski definition) is 3. The Kier molecular flexibility index (Phi) is 3.44.